The molecule has 1 aromatic carbocycles. The molecule has 126 valence electrons. The Morgan fingerprint density at radius 1 is 0.625 bits per heavy atom. The lowest BCUT2D eigenvalue weighted by Crippen LogP contribution is -2.17. The number of rotatable bonds is 2. The van der Waals surface area contributed by atoms with Gasteiger partial charge in [-0.15, -0.1) is 26.3 Å². The monoisotopic (exact) mass is 348 g/mol. The molecule has 0 spiro atoms. The van der Waals surface area contributed by atoms with Gasteiger partial charge in [-0.05, 0) is 24.3 Å². The van der Waals surface area contributed by atoms with Crippen LogP contribution in [0.25, 0.3) is 21.8 Å². The number of benzene rings is 1. The van der Waals surface area contributed by atoms with Gasteiger partial charge in [0.1, 0.15) is 22.5 Å². The number of ether oxygens (including phenoxy) is 2. The third kappa shape index (κ3) is 3.26. The van der Waals surface area contributed by atoms with E-state index in [1.165, 1.54) is 0 Å². The summed E-state index contributed by atoms with van der Waals surface area (Å²) in [6.07, 6.45) is -7.75. The van der Waals surface area contributed by atoms with Crippen molar-refractivity contribution in [1.82, 2.24) is 9.97 Å². The minimum atomic E-state index is -4.92. The molecule has 3 rings (SSSR count). The Kier molecular flexibility index (Phi) is 3.61. The number of hydrogen-bond acceptors (Lipinski definition) is 4. The normalized spacial score (nSPS) is 12.6. The van der Waals surface area contributed by atoms with Gasteiger partial charge in [0, 0.05) is 23.2 Å². The van der Waals surface area contributed by atoms with Crippen molar-refractivity contribution in [3.63, 3.8) is 0 Å². The van der Waals surface area contributed by atoms with Crippen LogP contribution in [-0.4, -0.2) is 22.7 Å². The molecule has 0 N–H and O–H groups in total. The van der Waals surface area contributed by atoms with E-state index in [1.807, 2.05) is 0 Å². The minimum absolute atomic E-state index is 0.0399. The fraction of sp³-hybridized carbons (Fsp3) is 0.143. The average Bonchev–Trinajstić information content (AvgIpc) is 2.44. The van der Waals surface area contributed by atoms with Crippen LogP contribution in [0.2, 0.25) is 0 Å². The number of fused-ring (bicyclic) bond motifs is 3. The molecule has 0 bridgehead atoms. The molecule has 0 amide bonds. The van der Waals surface area contributed by atoms with Gasteiger partial charge in [0.05, 0.1) is 0 Å². The molecule has 10 heteroatoms. The molecule has 0 fully saturated rings. The van der Waals surface area contributed by atoms with Crippen LogP contribution in [0.3, 0.4) is 0 Å². The first-order valence-corrected chi connectivity index (χ1v) is 6.32. The Balaban J connectivity index is 2.21. The smallest absolute Gasteiger partial charge is 0.405 e. The van der Waals surface area contributed by atoms with Crippen LogP contribution in [0.4, 0.5) is 26.3 Å². The second-order valence-corrected chi connectivity index (χ2v) is 4.57. The van der Waals surface area contributed by atoms with Crippen molar-refractivity contribution in [2.75, 3.05) is 0 Å². The van der Waals surface area contributed by atoms with E-state index in [4.69, 9.17) is 0 Å². The van der Waals surface area contributed by atoms with Crippen LogP contribution in [0, 0.1) is 0 Å². The van der Waals surface area contributed by atoms with E-state index < -0.39 is 24.2 Å². The molecule has 0 aliphatic rings. The summed E-state index contributed by atoms with van der Waals surface area (Å²) in [5.74, 6) is -1.06. The standard InChI is InChI=1S/C14H6F6N2O2/c15-13(16,17)23-9-3-5-21-11-7(9)1-2-8-10(24-14(18,19)20)4-6-22-12(8)11/h1-6H. The second kappa shape index (κ2) is 5.39. The summed E-state index contributed by atoms with van der Waals surface area (Å²) in [4.78, 5) is 7.78. The highest BCUT2D eigenvalue weighted by Gasteiger charge is 2.33. The number of pyridine rings is 2. The number of nitrogens with zero attached hydrogens (tertiary/aromatic N) is 2. The maximum Gasteiger partial charge on any atom is 0.573 e. The summed E-state index contributed by atoms with van der Waals surface area (Å²) in [6.45, 7) is 0. The highest BCUT2D eigenvalue weighted by molar-refractivity contribution is 6.06. The van der Waals surface area contributed by atoms with Gasteiger partial charge in [-0.3, -0.25) is 9.97 Å². The summed E-state index contributed by atoms with van der Waals surface area (Å²) in [5.41, 5.74) is -0.0799. The fourth-order valence-electron chi connectivity index (χ4n) is 2.20. The van der Waals surface area contributed by atoms with Crippen LogP contribution < -0.4 is 9.47 Å². The van der Waals surface area contributed by atoms with E-state index in [0.717, 1.165) is 36.7 Å². The molecule has 0 saturated carbocycles. The third-order valence-electron chi connectivity index (χ3n) is 2.99. The van der Waals surface area contributed by atoms with Gasteiger partial charge < -0.3 is 9.47 Å². The van der Waals surface area contributed by atoms with Crippen molar-refractivity contribution < 1.29 is 35.8 Å². The Labute approximate surface area is 129 Å². The average molecular weight is 348 g/mol. The van der Waals surface area contributed by atoms with Gasteiger partial charge in [0.15, 0.2) is 0 Å². The number of aromatic nitrogens is 2. The lowest BCUT2D eigenvalue weighted by molar-refractivity contribution is -0.275. The van der Waals surface area contributed by atoms with Crippen molar-refractivity contribution in [2.24, 2.45) is 0 Å². The minimum Gasteiger partial charge on any atom is -0.405 e. The first-order chi connectivity index (χ1) is 11.1. The van der Waals surface area contributed by atoms with E-state index in [-0.39, 0.29) is 21.8 Å². The van der Waals surface area contributed by atoms with Gasteiger partial charge >= 0.3 is 12.7 Å². The lowest BCUT2D eigenvalue weighted by atomic mass is 10.1. The summed E-state index contributed by atoms with van der Waals surface area (Å²) in [6, 6.07) is 4.32. The Morgan fingerprint density at radius 3 is 1.33 bits per heavy atom. The second-order valence-electron chi connectivity index (χ2n) is 4.57. The van der Waals surface area contributed by atoms with Crippen LogP contribution in [0.1, 0.15) is 0 Å². The van der Waals surface area contributed by atoms with Crippen molar-refractivity contribution >= 4 is 21.8 Å². The van der Waals surface area contributed by atoms with E-state index >= 15 is 0 Å². The van der Waals surface area contributed by atoms with Gasteiger partial charge in [0.2, 0.25) is 0 Å². The number of halogens is 6. The predicted octanol–water partition coefficient (Wildman–Crippen LogP) is 4.58. The van der Waals surface area contributed by atoms with Crippen LogP contribution in [0.5, 0.6) is 11.5 Å². The quantitative estimate of drug-likeness (QED) is 0.502. The SMILES string of the molecule is FC(F)(F)Oc1ccnc2c1ccc1c(OC(F)(F)F)ccnc12. The topological polar surface area (TPSA) is 44.2 Å². The first kappa shape index (κ1) is 16.1. The predicted molar refractivity (Wildman–Crippen MR) is 70.4 cm³/mol. The van der Waals surface area contributed by atoms with E-state index in [9.17, 15) is 26.3 Å². The van der Waals surface area contributed by atoms with Crippen LogP contribution in [0.15, 0.2) is 36.7 Å². The first-order valence-electron chi connectivity index (χ1n) is 6.32. The van der Waals surface area contributed by atoms with Crippen LogP contribution >= 0.6 is 0 Å². The molecule has 0 unspecified atom stereocenters. The van der Waals surface area contributed by atoms with Gasteiger partial charge in [-0.2, -0.15) is 0 Å². The zero-order valence-electron chi connectivity index (χ0n) is 11.4. The molecule has 4 nitrogen and oxygen atoms in total. The fourth-order valence-corrected chi connectivity index (χ4v) is 2.20. The molecule has 0 aliphatic carbocycles. The number of alkyl halides is 6. The van der Waals surface area contributed by atoms with E-state index in [2.05, 4.69) is 19.4 Å². The summed E-state index contributed by atoms with van der Waals surface area (Å²) in [7, 11) is 0. The molecular formula is C14H6F6N2O2. The summed E-state index contributed by atoms with van der Waals surface area (Å²) in [5, 5.41) is -0.0852. The maximum absolute atomic E-state index is 12.4. The van der Waals surface area contributed by atoms with Crippen molar-refractivity contribution in [3.8, 4) is 11.5 Å². The van der Waals surface area contributed by atoms with Crippen molar-refractivity contribution in [1.29, 1.82) is 0 Å². The molecule has 0 aliphatic heterocycles. The zero-order chi connectivity index (χ0) is 17.5. The van der Waals surface area contributed by atoms with Crippen LogP contribution in [-0.2, 0) is 0 Å². The third-order valence-corrected chi connectivity index (χ3v) is 2.99. The lowest BCUT2D eigenvalue weighted by Gasteiger charge is -2.13. The molecule has 2 aromatic heterocycles. The van der Waals surface area contributed by atoms with Gasteiger partial charge in [0.25, 0.3) is 0 Å². The molecule has 3 aromatic rings. The maximum atomic E-state index is 12.4. The Hall–Kier alpha value is -2.78. The zero-order valence-corrected chi connectivity index (χ0v) is 11.4. The Bertz CT molecular complexity index is 833. The largest absolute Gasteiger partial charge is 0.573 e. The van der Waals surface area contributed by atoms with Crippen molar-refractivity contribution in [2.45, 2.75) is 12.7 Å². The highest BCUT2D eigenvalue weighted by atomic mass is 19.4. The Morgan fingerprint density at radius 2 is 1.00 bits per heavy atom. The summed E-state index contributed by atoms with van der Waals surface area (Å²) < 4.78 is 82.4. The molecule has 0 radical (unpaired) electrons. The molecular weight excluding hydrogens is 342 g/mol. The molecule has 24 heavy (non-hydrogen) atoms. The van der Waals surface area contributed by atoms with E-state index in [0.29, 0.717) is 0 Å². The molecule has 0 atom stereocenters. The highest BCUT2D eigenvalue weighted by Crippen LogP contribution is 2.36. The van der Waals surface area contributed by atoms with E-state index in [1.54, 1.807) is 0 Å². The summed E-state index contributed by atoms with van der Waals surface area (Å²) >= 11 is 0. The van der Waals surface area contributed by atoms with Gasteiger partial charge in [-0.25, -0.2) is 0 Å². The number of hydrogen-bond donors (Lipinski definition) is 0. The molecule has 0 saturated heterocycles. The molecule has 2 heterocycles. The van der Waals surface area contributed by atoms with Gasteiger partial charge in [-0.1, -0.05) is 0 Å². The van der Waals surface area contributed by atoms with Crippen molar-refractivity contribution in [3.05, 3.63) is 36.7 Å².